The molecule has 1 saturated carbocycles. The third-order valence-corrected chi connectivity index (χ3v) is 7.96. The van der Waals surface area contributed by atoms with Gasteiger partial charge in [-0.3, -0.25) is 9.78 Å². The number of hydrogen-bond donors (Lipinski definition) is 2. The maximum absolute atomic E-state index is 14.3. The molecule has 1 atom stereocenters. The van der Waals surface area contributed by atoms with Crippen molar-refractivity contribution in [1.82, 2.24) is 9.55 Å². The van der Waals surface area contributed by atoms with E-state index in [4.69, 9.17) is 4.74 Å². The van der Waals surface area contributed by atoms with Crippen molar-refractivity contribution >= 4 is 9.84 Å². The molecule has 0 amide bonds. The summed E-state index contributed by atoms with van der Waals surface area (Å²) in [5, 5.41) is 11.2. The molecule has 0 spiro atoms. The number of halogens is 1. The molecule has 0 radical (unpaired) electrons. The summed E-state index contributed by atoms with van der Waals surface area (Å²) < 4.78 is 46.4. The van der Waals surface area contributed by atoms with Crippen molar-refractivity contribution < 1.29 is 22.7 Å². The number of nitrogens with zero attached hydrogens (tertiary/aromatic N) is 1. The van der Waals surface area contributed by atoms with Crippen LogP contribution in [0.1, 0.15) is 57.4 Å². The molecule has 33 heavy (non-hydrogen) atoms. The fourth-order valence-electron chi connectivity index (χ4n) is 4.10. The van der Waals surface area contributed by atoms with E-state index in [0.29, 0.717) is 5.56 Å². The molecular weight excluding hydrogens is 451 g/mol. The Balaban J connectivity index is 1.62. The van der Waals surface area contributed by atoms with Gasteiger partial charge >= 0.3 is 5.69 Å². The smallest absolute Gasteiger partial charge is 0.328 e. The first-order chi connectivity index (χ1) is 15.6. The second kappa shape index (κ2) is 10.6. The molecule has 0 saturated heterocycles. The minimum absolute atomic E-state index is 0.0419. The Morgan fingerprint density at radius 2 is 1.94 bits per heavy atom. The second-order valence-corrected chi connectivity index (χ2v) is 10.9. The molecule has 1 aliphatic carbocycles. The third kappa shape index (κ3) is 6.77. The van der Waals surface area contributed by atoms with Crippen LogP contribution in [0.2, 0.25) is 0 Å². The van der Waals surface area contributed by atoms with Gasteiger partial charge in [-0.15, -0.1) is 0 Å². The Hall–Kier alpha value is -2.46. The van der Waals surface area contributed by atoms with E-state index in [1.807, 2.05) is 0 Å². The highest BCUT2D eigenvalue weighted by molar-refractivity contribution is 7.91. The first kappa shape index (κ1) is 25.2. The molecule has 1 aromatic carbocycles. The minimum atomic E-state index is -3.51. The number of ether oxygens (including phenoxy) is 1. The van der Waals surface area contributed by atoms with Gasteiger partial charge in [-0.25, -0.2) is 17.6 Å². The summed E-state index contributed by atoms with van der Waals surface area (Å²) >= 11 is 0. The van der Waals surface area contributed by atoms with Crippen LogP contribution < -0.4 is 16.0 Å². The quantitative estimate of drug-likeness (QED) is 0.508. The fourth-order valence-corrected chi connectivity index (χ4v) is 5.52. The lowest BCUT2D eigenvalue weighted by atomic mass is 9.88. The molecule has 0 aliphatic heterocycles. The number of H-pyrrole nitrogens is 1. The number of sulfone groups is 1. The molecule has 0 bridgehead atoms. The lowest BCUT2D eigenvalue weighted by Crippen LogP contribution is -2.30. The normalized spacial score (nSPS) is 16.6. The standard InChI is InChI=1S/C23H31FN2O6S/c1-2-23(29,17-8-9-19(24)20(16-17)32-18-6-3-4-7-18)11-15-33(30,31)14-5-12-26-13-10-21(27)25-22(26)28/h8-10,13,16,18,29H,2-7,11-12,14-15H2,1H3,(H,25,27,28)/t23-/m1/s1. The van der Waals surface area contributed by atoms with Crippen molar-refractivity contribution in [2.75, 3.05) is 11.5 Å². The molecule has 1 aromatic heterocycles. The van der Waals surface area contributed by atoms with E-state index in [1.54, 1.807) is 6.92 Å². The number of aryl methyl sites for hydroxylation is 1. The van der Waals surface area contributed by atoms with Gasteiger partial charge in [-0.1, -0.05) is 13.0 Å². The Bertz CT molecular complexity index is 1170. The molecule has 8 nitrogen and oxygen atoms in total. The van der Waals surface area contributed by atoms with Crippen LogP contribution in [0.5, 0.6) is 5.75 Å². The molecule has 182 valence electrons. The Kier molecular flexibility index (Phi) is 8.12. The average molecular weight is 483 g/mol. The zero-order valence-corrected chi connectivity index (χ0v) is 19.6. The SMILES string of the molecule is CC[C@@](O)(CCS(=O)(=O)CCCn1ccc(=O)[nH]c1=O)c1ccc(F)c(OC2CCCC2)c1. The zero-order chi connectivity index (χ0) is 24.1. The Labute approximate surface area is 192 Å². The van der Waals surface area contributed by atoms with Gasteiger partial charge in [0.25, 0.3) is 5.56 Å². The van der Waals surface area contributed by atoms with Gasteiger partial charge in [0.2, 0.25) is 0 Å². The second-order valence-electron chi connectivity index (χ2n) is 8.61. The molecule has 10 heteroatoms. The number of aromatic amines is 1. The molecule has 0 unspecified atom stereocenters. The molecule has 1 aliphatic rings. The van der Waals surface area contributed by atoms with Crippen LogP contribution in [-0.4, -0.2) is 40.7 Å². The van der Waals surface area contributed by atoms with Crippen molar-refractivity contribution in [3.8, 4) is 5.75 Å². The Morgan fingerprint density at radius 1 is 1.21 bits per heavy atom. The van der Waals surface area contributed by atoms with Gasteiger partial charge in [-0.2, -0.15) is 0 Å². The van der Waals surface area contributed by atoms with Crippen molar-refractivity contribution in [1.29, 1.82) is 0 Å². The Morgan fingerprint density at radius 3 is 2.61 bits per heavy atom. The highest BCUT2D eigenvalue weighted by Crippen LogP contribution is 2.34. The van der Waals surface area contributed by atoms with Crippen LogP contribution in [0.15, 0.2) is 40.1 Å². The first-order valence-electron chi connectivity index (χ1n) is 11.3. The largest absolute Gasteiger partial charge is 0.487 e. The van der Waals surface area contributed by atoms with Crippen LogP contribution in [-0.2, 0) is 22.0 Å². The number of rotatable bonds is 11. The van der Waals surface area contributed by atoms with Crippen molar-refractivity contribution in [3.05, 3.63) is 62.7 Å². The maximum atomic E-state index is 14.3. The van der Waals surface area contributed by atoms with Crippen LogP contribution in [0.4, 0.5) is 4.39 Å². The van der Waals surface area contributed by atoms with E-state index in [0.717, 1.165) is 25.7 Å². The van der Waals surface area contributed by atoms with Gasteiger partial charge in [0, 0.05) is 18.8 Å². The summed E-state index contributed by atoms with van der Waals surface area (Å²) in [5.74, 6) is -0.846. The average Bonchev–Trinajstić information content (AvgIpc) is 3.28. The van der Waals surface area contributed by atoms with Crippen LogP contribution >= 0.6 is 0 Å². The van der Waals surface area contributed by atoms with E-state index in [2.05, 4.69) is 4.98 Å². The predicted octanol–water partition coefficient (Wildman–Crippen LogP) is 2.49. The van der Waals surface area contributed by atoms with E-state index in [-0.39, 0.29) is 49.2 Å². The van der Waals surface area contributed by atoms with Crippen LogP contribution in [0.3, 0.4) is 0 Å². The van der Waals surface area contributed by atoms with Crippen molar-refractivity contribution in [2.24, 2.45) is 0 Å². The molecular formula is C23H31FN2O6S. The predicted molar refractivity (Wildman–Crippen MR) is 123 cm³/mol. The summed E-state index contributed by atoms with van der Waals surface area (Å²) in [5.41, 5.74) is -2.12. The lowest BCUT2D eigenvalue weighted by Gasteiger charge is -2.28. The minimum Gasteiger partial charge on any atom is -0.487 e. The van der Waals surface area contributed by atoms with Crippen LogP contribution in [0.25, 0.3) is 0 Å². The number of aliphatic hydroxyl groups is 1. The third-order valence-electron chi connectivity index (χ3n) is 6.23. The number of hydrogen-bond acceptors (Lipinski definition) is 6. The summed E-state index contributed by atoms with van der Waals surface area (Å²) in [7, 11) is -3.51. The maximum Gasteiger partial charge on any atom is 0.328 e. The van der Waals surface area contributed by atoms with E-state index in [1.165, 1.54) is 35.0 Å². The highest BCUT2D eigenvalue weighted by atomic mass is 32.2. The van der Waals surface area contributed by atoms with E-state index in [9.17, 15) is 27.5 Å². The van der Waals surface area contributed by atoms with Gasteiger partial charge < -0.3 is 14.4 Å². The van der Waals surface area contributed by atoms with E-state index < -0.39 is 32.5 Å². The molecule has 1 fully saturated rings. The summed E-state index contributed by atoms with van der Waals surface area (Å²) in [6.45, 7) is 1.89. The number of nitrogens with one attached hydrogen (secondary N) is 1. The van der Waals surface area contributed by atoms with Gasteiger partial charge in [-0.05, 0) is 62.6 Å². The van der Waals surface area contributed by atoms with Gasteiger partial charge in [0.1, 0.15) is 0 Å². The molecule has 2 N–H and O–H groups in total. The zero-order valence-electron chi connectivity index (χ0n) is 18.8. The fraction of sp³-hybridized carbons (Fsp3) is 0.565. The summed E-state index contributed by atoms with van der Waals surface area (Å²) in [6, 6.07) is 5.39. The van der Waals surface area contributed by atoms with E-state index >= 15 is 0 Å². The monoisotopic (exact) mass is 482 g/mol. The number of aromatic nitrogens is 2. The molecule has 3 rings (SSSR count). The van der Waals surface area contributed by atoms with Crippen molar-refractivity contribution in [3.63, 3.8) is 0 Å². The van der Waals surface area contributed by atoms with Crippen LogP contribution in [0, 0.1) is 5.82 Å². The highest BCUT2D eigenvalue weighted by Gasteiger charge is 2.31. The van der Waals surface area contributed by atoms with Crippen molar-refractivity contribution in [2.45, 2.75) is 70.1 Å². The summed E-state index contributed by atoms with van der Waals surface area (Å²) in [6.07, 6.45) is 5.50. The van der Waals surface area contributed by atoms with Gasteiger partial charge in [0.15, 0.2) is 21.4 Å². The summed E-state index contributed by atoms with van der Waals surface area (Å²) in [4.78, 5) is 24.9. The molecule has 2 aromatic rings. The lowest BCUT2D eigenvalue weighted by molar-refractivity contribution is 0.0286. The number of benzene rings is 1. The van der Waals surface area contributed by atoms with Gasteiger partial charge in [0.05, 0.1) is 23.2 Å². The molecule has 1 heterocycles. The topological polar surface area (TPSA) is 118 Å². The first-order valence-corrected chi connectivity index (χ1v) is 13.1.